The van der Waals surface area contributed by atoms with Crippen LogP contribution in [0.1, 0.15) is 94.2 Å². The minimum absolute atomic E-state index is 0.721. The second-order valence-corrected chi connectivity index (χ2v) is 9.02. The lowest BCUT2D eigenvalue weighted by molar-refractivity contribution is 0.474. The van der Waals surface area contributed by atoms with Crippen LogP contribution in [0.2, 0.25) is 0 Å². The lowest BCUT2D eigenvalue weighted by Gasteiger charge is -2.22. The maximum Gasteiger partial charge on any atom is 0.130 e. The molecular formula is C29H40NO. The van der Waals surface area contributed by atoms with Crippen LogP contribution in [-0.2, 0) is 5.41 Å². The van der Waals surface area contributed by atoms with Crippen LogP contribution in [0.5, 0.6) is 11.5 Å². The molecule has 0 fully saturated rings. The Balaban J connectivity index is 1.85. The second kappa shape index (κ2) is 13.2. The first-order chi connectivity index (χ1) is 15.0. The Kier molecular flexibility index (Phi) is 10.6. The summed E-state index contributed by atoms with van der Waals surface area (Å²) in [4.78, 5) is 0. The van der Waals surface area contributed by atoms with E-state index in [0.717, 1.165) is 35.5 Å². The molecule has 0 aliphatic heterocycles. The first-order valence-electron chi connectivity index (χ1n) is 12.1. The molecule has 2 aromatic rings. The van der Waals surface area contributed by atoms with Gasteiger partial charge < -0.3 is 4.74 Å². The van der Waals surface area contributed by atoms with Gasteiger partial charge >= 0.3 is 0 Å². The molecule has 0 aliphatic rings. The molecule has 31 heavy (non-hydrogen) atoms. The SMILES string of the molecule is [CH2]C(C#N)(CCCCCCCCCCCC)c1cccc(Oc2cc(C)ccc2C)c1. The average Bonchev–Trinajstić information content (AvgIpc) is 2.77. The fraction of sp³-hybridized carbons (Fsp3) is 0.517. The van der Waals surface area contributed by atoms with Crippen LogP contribution < -0.4 is 4.74 Å². The molecule has 0 saturated heterocycles. The molecule has 167 valence electrons. The van der Waals surface area contributed by atoms with E-state index in [1.54, 1.807) is 0 Å². The largest absolute Gasteiger partial charge is 0.457 e. The number of unbranched alkanes of at least 4 members (excludes halogenated alkanes) is 9. The monoisotopic (exact) mass is 418 g/mol. The number of benzene rings is 2. The topological polar surface area (TPSA) is 33.0 Å². The van der Waals surface area contributed by atoms with Crippen LogP contribution in [0.4, 0.5) is 0 Å². The smallest absolute Gasteiger partial charge is 0.130 e. The molecule has 0 aliphatic carbocycles. The van der Waals surface area contributed by atoms with Crippen molar-refractivity contribution in [3.63, 3.8) is 0 Å². The number of hydrogen-bond donors (Lipinski definition) is 0. The standard InChI is InChI=1S/C29H40NO/c1-5-6-7-8-9-10-11-12-13-14-20-29(4,23-30)26-16-15-17-27(22-26)31-28-21-24(2)18-19-25(28)3/h15-19,21-22H,4-14,20H2,1-3H3. The molecule has 2 nitrogen and oxygen atoms in total. The molecule has 0 aromatic heterocycles. The van der Waals surface area contributed by atoms with Gasteiger partial charge in [-0.2, -0.15) is 5.26 Å². The van der Waals surface area contributed by atoms with E-state index >= 15 is 0 Å². The van der Waals surface area contributed by atoms with Gasteiger partial charge in [0.2, 0.25) is 0 Å². The molecule has 0 saturated carbocycles. The van der Waals surface area contributed by atoms with Gasteiger partial charge in [0.25, 0.3) is 0 Å². The lowest BCUT2D eigenvalue weighted by atomic mass is 9.79. The van der Waals surface area contributed by atoms with E-state index in [1.165, 1.54) is 63.4 Å². The summed E-state index contributed by atoms with van der Waals surface area (Å²) in [6.07, 6.45) is 13.7. The Bertz CT molecular complexity index is 835. The van der Waals surface area contributed by atoms with E-state index in [2.05, 4.69) is 39.0 Å². The third kappa shape index (κ3) is 8.41. The number of nitrogens with zero attached hydrogens (tertiary/aromatic N) is 1. The molecule has 1 unspecified atom stereocenters. The van der Waals surface area contributed by atoms with Crippen molar-refractivity contribution in [2.45, 2.75) is 96.8 Å². The van der Waals surface area contributed by atoms with Crippen LogP contribution in [0.25, 0.3) is 0 Å². The van der Waals surface area contributed by atoms with Gasteiger partial charge in [0, 0.05) is 0 Å². The Morgan fingerprint density at radius 1 is 0.871 bits per heavy atom. The molecule has 1 radical (unpaired) electrons. The predicted molar refractivity (Wildman–Crippen MR) is 132 cm³/mol. The fourth-order valence-corrected chi connectivity index (χ4v) is 3.98. The van der Waals surface area contributed by atoms with E-state index in [1.807, 2.05) is 37.3 Å². The van der Waals surface area contributed by atoms with E-state index in [-0.39, 0.29) is 0 Å². The van der Waals surface area contributed by atoms with E-state index in [0.29, 0.717) is 0 Å². The van der Waals surface area contributed by atoms with Gasteiger partial charge in [-0.1, -0.05) is 95.4 Å². The Morgan fingerprint density at radius 3 is 2.16 bits per heavy atom. The highest BCUT2D eigenvalue weighted by Gasteiger charge is 2.26. The van der Waals surface area contributed by atoms with Gasteiger partial charge in [-0.05, 0) is 62.1 Å². The minimum atomic E-state index is -0.721. The first-order valence-corrected chi connectivity index (χ1v) is 12.1. The number of rotatable bonds is 14. The van der Waals surface area contributed by atoms with Gasteiger partial charge in [0.05, 0.1) is 11.5 Å². The van der Waals surface area contributed by atoms with E-state index < -0.39 is 5.41 Å². The number of nitriles is 1. The van der Waals surface area contributed by atoms with Crippen LogP contribution in [0, 0.1) is 32.1 Å². The summed E-state index contributed by atoms with van der Waals surface area (Å²) in [6, 6.07) is 16.6. The quantitative estimate of drug-likeness (QED) is 0.287. The summed E-state index contributed by atoms with van der Waals surface area (Å²) in [5, 5.41) is 9.89. The maximum atomic E-state index is 9.89. The molecule has 0 spiro atoms. The molecule has 0 heterocycles. The zero-order chi connectivity index (χ0) is 22.5. The average molecular weight is 419 g/mol. The molecule has 0 amide bonds. The zero-order valence-electron chi connectivity index (χ0n) is 19.9. The van der Waals surface area contributed by atoms with Crippen molar-refractivity contribution in [3.8, 4) is 17.6 Å². The minimum Gasteiger partial charge on any atom is -0.457 e. The summed E-state index contributed by atoms with van der Waals surface area (Å²) in [6.45, 7) is 10.7. The first kappa shape index (κ1) is 25.0. The van der Waals surface area contributed by atoms with E-state index in [4.69, 9.17) is 4.74 Å². The number of hydrogen-bond acceptors (Lipinski definition) is 2. The van der Waals surface area contributed by atoms with Crippen molar-refractivity contribution in [2.24, 2.45) is 0 Å². The highest BCUT2D eigenvalue weighted by molar-refractivity contribution is 5.43. The third-order valence-corrected chi connectivity index (χ3v) is 6.13. The van der Waals surface area contributed by atoms with Crippen molar-refractivity contribution in [1.82, 2.24) is 0 Å². The maximum absolute atomic E-state index is 9.89. The van der Waals surface area contributed by atoms with Crippen molar-refractivity contribution >= 4 is 0 Å². The molecule has 0 N–H and O–H groups in total. The van der Waals surface area contributed by atoms with Crippen molar-refractivity contribution in [2.75, 3.05) is 0 Å². The summed E-state index contributed by atoms with van der Waals surface area (Å²) in [7, 11) is 0. The summed E-state index contributed by atoms with van der Waals surface area (Å²) >= 11 is 0. The molecule has 2 rings (SSSR count). The highest BCUT2D eigenvalue weighted by atomic mass is 16.5. The Morgan fingerprint density at radius 2 is 1.52 bits per heavy atom. The Hall–Kier alpha value is -2.27. The molecule has 2 heteroatoms. The normalized spacial score (nSPS) is 12.9. The van der Waals surface area contributed by atoms with Crippen LogP contribution >= 0.6 is 0 Å². The zero-order valence-corrected chi connectivity index (χ0v) is 19.9. The van der Waals surface area contributed by atoms with Gasteiger partial charge in [-0.3, -0.25) is 0 Å². The molecule has 2 aromatic carbocycles. The van der Waals surface area contributed by atoms with E-state index in [9.17, 15) is 5.26 Å². The predicted octanol–water partition coefficient (Wildman–Crippen LogP) is 9.00. The number of ether oxygens (including phenoxy) is 1. The van der Waals surface area contributed by atoms with Gasteiger partial charge in [0.15, 0.2) is 0 Å². The number of aryl methyl sites for hydroxylation is 2. The van der Waals surface area contributed by atoms with Crippen LogP contribution in [0.3, 0.4) is 0 Å². The highest BCUT2D eigenvalue weighted by Crippen LogP contribution is 2.33. The molecule has 0 bridgehead atoms. The summed E-state index contributed by atoms with van der Waals surface area (Å²) in [5.74, 6) is 1.62. The third-order valence-electron chi connectivity index (χ3n) is 6.13. The summed E-state index contributed by atoms with van der Waals surface area (Å²) in [5.41, 5.74) is 2.48. The van der Waals surface area contributed by atoms with Gasteiger partial charge in [-0.25, -0.2) is 0 Å². The van der Waals surface area contributed by atoms with Crippen LogP contribution in [0.15, 0.2) is 42.5 Å². The van der Waals surface area contributed by atoms with Gasteiger partial charge in [0.1, 0.15) is 11.5 Å². The second-order valence-electron chi connectivity index (χ2n) is 9.02. The Labute approximate surface area is 190 Å². The van der Waals surface area contributed by atoms with Crippen LogP contribution in [-0.4, -0.2) is 0 Å². The van der Waals surface area contributed by atoms with Gasteiger partial charge in [-0.15, -0.1) is 0 Å². The molecular weight excluding hydrogens is 378 g/mol. The lowest BCUT2D eigenvalue weighted by Crippen LogP contribution is -2.19. The van der Waals surface area contributed by atoms with Crippen molar-refractivity contribution < 1.29 is 4.74 Å². The van der Waals surface area contributed by atoms with Crippen molar-refractivity contribution in [3.05, 3.63) is 66.1 Å². The summed E-state index contributed by atoms with van der Waals surface area (Å²) < 4.78 is 6.14. The molecule has 1 atom stereocenters. The van der Waals surface area contributed by atoms with Crippen molar-refractivity contribution in [1.29, 1.82) is 5.26 Å². The fourth-order valence-electron chi connectivity index (χ4n) is 3.98.